The molecule has 1 saturated heterocycles. The number of hydrogen-bond donors (Lipinski definition) is 1. The van der Waals surface area contributed by atoms with Gasteiger partial charge < -0.3 is 5.11 Å². The number of Topliss-reactive ketones (excluding diaryl/α,β-unsaturated/α-hetero) is 1. The van der Waals surface area contributed by atoms with E-state index < -0.39 is 0 Å². The number of piperidine rings is 1. The van der Waals surface area contributed by atoms with Crippen LogP contribution in [0.15, 0.2) is 24.3 Å². The summed E-state index contributed by atoms with van der Waals surface area (Å²) in [4.78, 5) is 14.5. The second kappa shape index (κ2) is 6.26. The van der Waals surface area contributed by atoms with Crippen LogP contribution >= 0.6 is 0 Å². The van der Waals surface area contributed by atoms with E-state index in [1.165, 1.54) is 12.1 Å². The summed E-state index contributed by atoms with van der Waals surface area (Å²) >= 11 is 0. The van der Waals surface area contributed by atoms with Crippen molar-refractivity contribution in [2.45, 2.75) is 25.8 Å². The Morgan fingerprint density at radius 3 is 2.47 bits per heavy atom. The van der Waals surface area contributed by atoms with E-state index in [0.29, 0.717) is 5.56 Å². The molecule has 1 fully saturated rings. The van der Waals surface area contributed by atoms with Gasteiger partial charge in [-0.15, -0.1) is 0 Å². The average molecular weight is 265 g/mol. The third-order valence-electron chi connectivity index (χ3n) is 3.92. The molecule has 0 saturated carbocycles. The Bertz CT molecular complexity index is 424. The van der Waals surface area contributed by atoms with E-state index in [0.717, 1.165) is 25.9 Å². The van der Waals surface area contributed by atoms with Crippen molar-refractivity contribution in [3.63, 3.8) is 0 Å². The van der Waals surface area contributed by atoms with E-state index in [4.69, 9.17) is 5.11 Å². The summed E-state index contributed by atoms with van der Waals surface area (Å²) in [5.41, 5.74) is 0.593. The van der Waals surface area contributed by atoms with Gasteiger partial charge in [0, 0.05) is 17.5 Å². The van der Waals surface area contributed by atoms with Gasteiger partial charge in [0.2, 0.25) is 0 Å². The predicted molar refractivity (Wildman–Crippen MR) is 71.6 cm³/mol. The van der Waals surface area contributed by atoms with Crippen molar-refractivity contribution < 1.29 is 14.3 Å². The highest BCUT2D eigenvalue weighted by atomic mass is 19.1. The minimum absolute atomic E-state index is 0.0209. The number of aliphatic hydroxyl groups excluding tert-OH is 1. The lowest BCUT2D eigenvalue weighted by molar-refractivity contribution is 0.0728. The lowest BCUT2D eigenvalue weighted by atomic mass is 9.88. The molecule has 1 aromatic rings. The molecular formula is C15H20FNO2. The van der Waals surface area contributed by atoms with E-state index in [2.05, 4.69) is 4.90 Å². The lowest BCUT2D eigenvalue weighted by Crippen LogP contribution is -2.43. The van der Waals surface area contributed by atoms with Gasteiger partial charge in [-0.25, -0.2) is 4.39 Å². The first-order chi connectivity index (χ1) is 9.11. The summed E-state index contributed by atoms with van der Waals surface area (Å²) in [5.74, 6) is -0.188. The Morgan fingerprint density at radius 1 is 1.37 bits per heavy atom. The van der Waals surface area contributed by atoms with E-state index in [9.17, 15) is 9.18 Å². The monoisotopic (exact) mass is 265 g/mol. The van der Waals surface area contributed by atoms with Crippen molar-refractivity contribution in [2.75, 3.05) is 19.7 Å². The summed E-state index contributed by atoms with van der Waals surface area (Å²) in [5, 5.41) is 9.12. The highest BCUT2D eigenvalue weighted by molar-refractivity contribution is 5.97. The zero-order chi connectivity index (χ0) is 13.8. The maximum atomic E-state index is 12.8. The van der Waals surface area contributed by atoms with Crippen LogP contribution in [0.4, 0.5) is 4.39 Å². The molecule has 0 bridgehead atoms. The summed E-state index contributed by atoms with van der Waals surface area (Å²) in [6, 6.07) is 5.93. The lowest BCUT2D eigenvalue weighted by Gasteiger charge is -2.34. The minimum Gasteiger partial charge on any atom is -0.395 e. The summed E-state index contributed by atoms with van der Waals surface area (Å²) in [7, 11) is 0. The van der Waals surface area contributed by atoms with E-state index >= 15 is 0 Å². The van der Waals surface area contributed by atoms with E-state index in [-0.39, 0.29) is 30.2 Å². The number of carbonyl (C=O) groups is 1. The van der Waals surface area contributed by atoms with Crippen LogP contribution in [0.3, 0.4) is 0 Å². The Balaban J connectivity index is 1.94. The first-order valence-corrected chi connectivity index (χ1v) is 6.76. The molecular weight excluding hydrogens is 245 g/mol. The largest absolute Gasteiger partial charge is 0.395 e. The van der Waals surface area contributed by atoms with Crippen molar-refractivity contribution in [2.24, 2.45) is 5.92 Å². The molecule has 2 rings (SSSR count). The normalized spacial score (nSPS) is 19.3. The van der Waals surface area contributed by atoms with E-state index in [1.807, 2.05) is 6.92 Å². The fourth-order valence-corrected chi connectivity index (χ4v) is 2.57. The molecule has 1 N–H and O–H groups in total. The van der Waals surface area contributed by atoms with Gasteiger partial charge in [0.15, 0.2) is 5.78 Å². The Kier molecular flexibility index (Phi) is 4.66. The first-order valence-electron chi connectivity index (χ1n) is 6.76. The van der Waals surface area contributed by atoms with Crippen molar-refractivity contribution in [3.8, 4) is 0 Å². The van der Waals surface area contributed by atoms with E-state index in [1.54, 1.807) is 12.1 Å². The first kappa shape index (κ1) is 14.2. The second-order valence-electron chi connectivity index (χ2n) is 5.21. The topological polar surface area (TPSA) is 40.5 Å². The molecule has 0 spiro atoms. The number of likely N-dealkylation sites (tertiary alicyclic amines) is 1. The number of rotatable bonds is 4. The molecule has 0 aliphatic carbocycles. The summed E-state index contributed by atoms with van der Waals surface area (Å²) in [6.45, 7) is 3.80. The fraction of sp³-hybridized carbons (Fsp3) is 0.533. The zero-order valence-corrected chi connectivity index (χ0v) is 11.2. The molecule has 104 valence electrons. The minimum atomic E-state index is -0.317. The van der Waals surface area contributed by atoms with Crippen LogP contribution < -0.4 is 0 Å². The van der Waals surface area contributed by atoms with Gasteiger partial charge in [-0.3, -0.25) is 9.69 Å². The third-order valence-corrected chi connectivity index (χ3v) is 3.92. The summed E-state index contributed by atoms with van der Waals surface area (Å²) in [6.07, 6.45) is 1.61. The van der Waals surface area contributed by atoms with Crippen LogP contribution in [0.2, 0.25) is 0 Å². The Hall–Kier alpha value is -1.26. The number of carbonyl (C=O) groups excluding carboxylic acids is 1. The molecule has 1 atom stereocenters. The highest BCUT2D eigenvalue weighted by Gasteiger charge is 2.27. The van der Waals surface area contributed by atoms with Crippen molar-refractivity contribution in [1.82, 2.24) is 4.90 Å². The van der Waals surface area contributed by atoms with Gasteiger partial charge in [-0.05, 0) is 57.1 Å². The number of nitrogens with zero attached hydrogens (tertiary/aromatic N) is 1. The number of halogens is 1. The quantitative estimate of drug-likeness (QED) is 0.848. The molecule has 1 aliphatic heterocycles. The average Bonchev–Trinajstić information content (AvgIpc) is 2.46. The standard InChI is InChI=1S/C15H20FNO2/c1-11(10-18)17-8-6-13(7-9-17)15(19)12-2-4-14(16)5-3-12/h2-5,11,13,18H,6-10H2,1H3. The van der Waals surface area contributed by atoms with Gasteiger partial charge in [-0.1, -0.05) is 0 Å². The van der Waals surface area contributed by atoms with Gasteiger partial charge in [0.25, 0.3) is 0 Å². The molecule has 19 heavy (non-hydrogen) atoms. The molecule has 1 unspecified atom stereocenters. The molecule has 0 aromatic heterocycles. The van der Waals surface area contributed by atoms with Crippen molar-refractivity contribution in [3.05, 3.63) is 35.6 Å². The number of hydrogen-bond acceptors (Lipinski definition) is 3. The van der Waals surface area contributed by atoms with Crippen LogP contribution in [0, 0.1) is 11.7 Å². The maximum absolute atomic E-state index is 12.8. The molecule has 1 aliphatic rings. The zero-order valence-electron chi connectivity index (χ0n) is 11.2. The van der Waals surface area contributed by atoms with Gasteiger partial charge in [0.1, 0.15) is 5.82 Å². The number of ketones is 1. The number of benzene rings is 1. The number of aliphatic hydroxyl groups is 1. The van der Waals surface area contributed by atoms with Gasteiger partial charge >= 0.3 is 0 Å². The SMILES string of the molecule is CC(CO)N1CCC(C(=O)c2ccc(F)cc2)CC1. The Labute approximate surface area is 113 Å². The predicted octanol–water partition coefficient (Wildman–Crippen LogP) is 2.10. The van der Waals surface area contributed by atoms with Gasteiger partial charge in [0.05, 0.1) is 6.61 Å². The van der Waals surface area contributed by atoms with Crippen LogP contribution in [0.1, 0.15) is 30.1 Å². The highest BCUT2D eigenvalue weighted by Crippen LogP contribution is 2.23. The van der Waals surface area contributed by atoms with Crippen molar-refractivity contribution in [1.29, 1.82) is 0 Å². The molecule has 0 amide bonds. The second-order valence-corrected chi connectivity index (χ2v) is 5.21. The summed E-state index contributed by atoms with van der Waals surface area (Å²) < 4.78 is 12.8. The van der Waals surface area contributed by atoms with Crippen molar-refractivity contribution >= 4 is 5.78 Å². The molecule has 1 heterocycles. The van der Waals surface area contributed by atoms with Crippen LogP contribution in [0.25, 0.3) is 0 Å². The molecule has 4 heteroatoms. The molecule has 3 nitrogen and oxygen atoms in total. The Morgan fingerprint density at radius 2 is 1.95 bits per heavy atom. The molecule has 0 radical (unpaired) electrons. The fourth-order valence-electron chi connectivity index (χ4n) is 2.57. The molecule has 1 aromatic carbocycles. The van der Waals surface area contributed by atoms with Crippen LogP contribution in [-0.2, 0) is 0 Å². The van der Waals surface area contributed by atoms with Crippen LogP contribution in [0.5, 0.6) is 0 Å². The van der Waals surface area contributed by atoms with Gasteiger partial charge in [-0.2, -0.15) is 0 Å². The smallest absolute Gasteiger partial charge is 0.166 e. The maximum Gasteiger partial charge on any atom is 0.166 e. The third kappa shape index (κ3) is 3.39. The van der Waals surface area contributed by atoms with Crippen LogP contribution in [-0.4, -0.2) is 41.5 Å².